The highest BCUT2D eigenvalue weighted by Crippen LogP contribution is 2.40. The van der Waals surface area contributed by atoms with Gasteiger partial charge in [-0.2, -0.15) is 0 Å². The lowest BCUT2D eigenvalue weighted by Crippen LogP contribution is -2.31. The van der Waals surface area contributed by atoms with Crippen molar-refractivity contribution >= 4 is 39.1 Å². The molecule has 21 heavy (non-hydrogen) atoms. The van der Waals surface area contributed by atoms with Crippen LogP contribution in [0.25, 0.3) is 0 Å². The summed E-state index contributed by atoms with van der Waals surface area (Å²) in [4.78, 5) is 12.3. The second-order valence-corrected chi connectivity index (χ2v) is 5.77. The molecule has 1 saturated carbocycles. The Hall–Kier alpha value is -1.67. The van der Waals surface area contributed by atoms with Crippen molar-refractivity contribution in [2.24, 2.45) is 0 Å². The molecular weight excluding hydrogens is 357 g/mol. The highest BCUT2D eigenvalue weighted by atomic mass is 79.9. The molecule has 2 heterocycles. The lowest BCUT2D eigenvalue weighted by Gasteiger charge is -2.10. The van der Waals surface area contributed by atoms with Gasteiger partial charge in [-0.15, -0.1) is 0 Å². The van der Waals surface area contributed by atoms with Gasteiger partial charge in [0.2, 0.25) is 0 Å². The van der Waals surface area contributed by atoms with Gasteiger partial charge in [0, 0.05) is 30.6 Å². The zero-order valence-electron chi connectivity index (χ0n) is 10.8. The summed E-state index contributed by atoms with van der Waals surface area (Å²) in [5.74, 6) is 0.315. The topological polar surface area (TPSA) is 62.7 Å². The SMILES string of the molecule is Fc1cccnc1C1CC1NC(=S)Nc1nccnc1Br. The summed E-state index contributed by atoms with van der Waals surface area (Å²) in [6.45, 7) is 0. The normalized spacial score (nSPS) is 19.9. The van der Waals surface area contributed by atoms with Crippen molar-refractivity contribution in [1.29, 1.82) is 0 Å². The highest BCUT2D eigenvalue weighted by Gasteiger charge is 2.41. The molecule has 0 aromatic carbocycles. The first-order valence-electron chi connectivity index (χ1n) is 6.29. The van der Waals surface area contributed by atoms with E-state index in [2.05, 4.69) is 41.5 Å². The second kappa shape index (κ2) is 5.98. The molecular formula is C13H11BrFN5S. The minimum Gasteiger partial charge on any atom is -0.359 e. The minimum atomic E-state index is -0.276. The molecule has 0 bridgehead atoms. The molecule has 5 nitrogen and oxygen atoms in total. The van der Waals surface area contributed by atoms with Gasteiger partial charge in [-0.25, -0.2) is 14.4 Å². The first kappa shape index (κ1) is 14.3. The Morgan fingerprint density at radius 1 is 1.29 bits per heavy atom. The van der Waals surface area contributed by atoms with Gasteiger partial charge >= 0.3 is 0 Å². The number of pyridine rings is 1. The maximum absolute atomic E-state index is 13.6. The molecule has 0 radical (unpaired) electrons. The summed E-state index contributed by atoms with van der Waals surface area (Å²) < 4.78 is 14.2. The predicted octanol–water partition coefficient (Wildman–Crippen LogP) is 2.62. The van der Waals surface area contributed by atoms with E-state index in [-0.39, 0.29) is 17.8 Å². The molecule has 0 aliphatic heterocycles. The summed E-state index contributed by atoms with van der Waals surface area (Å²) in [6, 6.07) is 3.09. The van der Waals surface area contributed by atoms with Gasteiger partial charge in [0.1, 0.15) is 10.4 Å². The number of nitrogens with one attached hydrogen (secondary N) is 2. The Balaban J connectivity index is 1.58. The van der Waals surface area contributed by atoms with E-state index in [9.17, 15) is 4.39 Å². The summed E-state index contributed by atoms with van der Waals surface area (Å²) in [7, 11) is 0. The number of anilines is 1. The van der Waals surface area contributed by atoms with E-state index >= 15 is 0 Å². The third-order valence-corrected chi connectivity index (χ3v) is 3.93. The van der Waals surface area contributed by atoms with Gasteiger partial charge in [-0.3, -0.25) is 4.98 Å². The van der Waals surface area contributed by atoms with Crippen LogP contribution in [0.4, 0.5) is 10.2 Å². The molecule has 0 spiro atoms. The van der Waals surface area contributed by atoms with Crippen LogP contribution < -0.4 is 10.6 Å². The zero-order valence-corrected chi connectivity index (χ0v) is 13.2. The van der Waals surface area contributed by atoms with E-state index in [4.69, 9.17) is 12.2 Å². The average molecular weight is 368 g/mol. The molecule has 2 atom stereocenters. The lowest BCUT2D eigenvalue weighted by atomic mass is 10.2. The Labute approximate surface area is 134 Å². The second-order valence-electron chi connectivity index (χ2n) is 4.61. The summed E-state index contributed by atoms with van der Waals surface area (Å²) in [6.07, 6.45) is 5.55. The van der Waals surface area contributed by atoms with Crippen LogP contribution in [0.15, 0.2) is 35.3 Å². The number of rotatable bonds is 3. The fraction of sp³-hybridized carbons (Fsp3) is 0.231. The molecule has 1 aliphatic carbocycles. The third kappa shape index (κ3) is 3.33. The van der Waals surface area contributed by atoms with Gasteiger partial charge < -0.3 is 10.6 Å². The van der Waals surface area contributed by atoms with E-state index in [0.717, 1.165) is 6.42 Å². The third-order valence-electron chi connectivity index (χ3n) is 3.13. The number of halogens is 2. The molecule has 8 heteroatoms. The Morgan fingerprint density at radius 2 is 2.10 bits per heavy atom. The average Bonchev–Trinajstić information content (AvgIpc) is 3.21. The monoisotopic (exact) mass is 367 g/mol. The Bertz CT molecular complexity index is 683. The van der Waals surface area contributed by atoms with Crippen LogP contribution in [0.3, 0.4) is 0 Å². The molecule has 2 aromatic heterocycles. The standard InChI is InChI=1S/C13H11BrFN5S/c14-11-12(18-5-4-17-11)20-13(21)19-9-6-7(9)10-8(15)2-1-3-16-10/h1-5,7,9H,6H2,(H2,18,19,20,21). The van der Waals surface area contributed by atoms with Gasteiger partial charge in [-0.1, -0.05) is 0 Å². The van der Waals surface area contributed by atoms with Gasteiger partial charge in [0.15, 0.2) is 10.9 Å². The fourth-order valence-electron chi connectivity index (χ4n) is 2.04. The Kier molecular flexibility index (Phi) is 4.07. The first-order chi connectivity index (χ1) is 10.1. The van der Waals surface area contributed by atoms with Crippen molar-refractivity contribution in [2.75, 3.05) is 5.32 Å². The van der Waals surface area contributed by atoms with Crippen LogP contribution >= 0.6 is 28.1 Å². The number of nitrogens with zero attached hydrogens (tertiary/aromatic N) is 3. The quantitative estimate of drug-likeness (QED) is 0.813. The van der Waals surface area contributed by atoms with Crippen LogP contribution in [0, 0.1) is 5.82 Å². The van der Waals surface area contributed by atoms with Crippen molar-refractivity contribution in [2.45, 2.75) is 18.4 Å². The molecule has 1 aliphatic rings. The fourth-order valence-corrected chi connectivity index (χ4v) is 2.61. The number of thiocarbonyl (C=S) groups is 1. The molecule has 0 saturated heterocycles. The van der Waals surface area contributed by atoms with Crippen molar-refractivity contribution in [3.63, 3.8) is 0 Å². The molecule has 108 valence electrons. The van der Waals surface area contributed by atoms with Gasteiger partial charge in [0.05, 0.1) is 5.69 Å². The number of aromatic nitrogens is 3. The van der Waals surface area contributed by atoms with Gasteiger partial charge in [-0.05, 0) is 46.7 Å². The zero-order chi connectivity index (χ0) is 14.8. The summed E-state index contributed by atoms with van der Waals surface area (Å²) in [5.41, 5.74) is 0.485. The smallest absolute Gasteiger partial charge is 0.172 e. The first-order valence-corrected chi connectivity index (χ1v) is 7.49. The maximum Gasteiger partial charge on any atom is 0.172 e. The number of hydrogen-bond acceptors (Lipinski definition) is 4. The minimum absolute atomic E-state index is 0.0521. The molecule has 1 fully saturated rings. The molecule has 2 aromatic rings. The molecule has 3 rings (SSSR count). The van der Waals surface area contributed by atoms with Crippen molar-refractivity contribution in [3.05, 3.63) is 46.8 Å². The Morgan fingerprint density at radius 3 is 2.86 bits per heavy atom. The van der Waals surface area contributed by atoms with Crippen LogP contribution in [-0.2, 0) is 0 Å². The van der Waals surface area contributed by atoms with Crippen molar-refractivity contribution in [3.8, 4) is 0 Å². The van der Waals surface area contributed by atoms with E-state index in [1.807, 2.05) is 0 Å². The van der Waals surface area contributed by atoms with Crippen LogP contribution in [0.1, 0.15) is 18.0 Å². The lowest BCUT2D eigenvalue weighted by molar-refractivity contribution is 0.597. The largest absolute Gasteiger partial charge is 0.359 e. The van der Waals surface area contributed by atoms with Gasteiger partial charge in [0.25, 0.3) is 0 Å². The van der Waals surface area contributed by atoms with E-state index in [1.54, 1.807) is 24.7 Å². The highest BCUT2D eigenvalue weighted by molar-refractivity contribution is 9.10. The predicted molar refractivity (Wildman–Crippen MR) is 84.4 cm³/mol. The van der Waals surface area contributed by atoms with E-state index < -0.39 is 0 Å². The molecule has 2 N–H and O–H groups in total. The summed E-state index contributed by atoms with van der Waals surface area (Å²) >= 11 is 8.50. The number of hydrogen-bond donors (Lipinski definition) is 2. The van der Waals surface area contributed by atoms with Crippen LogP contribution in [0.5, 0.6) is 0 Å². The molecule has 2 unspecified atom stereocenters. The van der Waals surface area contributed by atoms with Crippen molar-refractivity contribution in [1.82, 2.24) is 20.3 Å². The van der Waals surface area contributed by atoms with Crippen LogP contribution in [0.2, 0.25) is 0 Å². The maximum atomic E-state index is 13.6. The van der Waals surface area contributed by atoms with Crippen molar-refractivity contribution < 1.29 is 4.39 Å². The van der Waals surface area contributed by atoms with E-state index in [0.29, 0.717) is 21.2 Å². The molecule has 0 amide bonds. The van der Waals surface area contributed by atoms with E-state index in [1.165, 1.54) is 6.07 Å². The van der Waals surface area contributed by atoms with Crippen LogP contribution in [-0.4, -0.2) is 26.1 Å². The summed E-state index contributed by atoms with van der Waals surface area (Å²) in [5, 5.41) is 6.51.